The minimum atomic E-state index is -0.0784. The van der Waals surface area contributed by atoms with Gasteiger partial charge in [-0.1, -0.05) is 12.1 Å². The Morgan fingerprint density at radius 3 is 2.77 bits per heavy atom. The highest BCUT2D eigenvalue weighted by atomic mass is 35.5. The van der Waals surface area contributed by atoms with E-state index in [-0.39, 0.29) is 18.3 Å². The zero-order chi connectivity index (χ0) is 8.97. The molecule has 0 fully saturated rings. The lowest BCUT2D eigenvalue weighted by molar-refractivity contribution is 0.0963. The summed E-state index contributed by atoms with van der Waals surface area (Å²) in [6.45, 7) is 0.463. The molecule has 0 aromatic heterocycles. The third-order valence-electron chi connectivity index (χ3n) is 1.65. The Kier molecular flexibility index (Phi) is 5.11. The summed E-state index contributed by atoms with van der Waals surface area (Å²) >= 11 is 0. The predicted octanol–water partition coefficient (Wildman–Crippen LogP) is 0.927. The lowest BCUT2D eigenvalue weighted by Gasteiger charge is -2.01. The van der Waals surface area contributed by atoms with Crippen molar-refractivity contribution in [1.29, 1.82) is 0 Å². The van der Waals surface area contributed by atoms with Crippen LogP contribution >= 0.6 is 12.4 Å². The van der Waals surface area contributed by atoms with Crippen molar-refractivity contribution < 1.29 is 4.79 Å². The van der Waals surface area contributed by atoms with E-state index in [1.54, 1.807) is 19.2 Å². The number of rotatable bonds is 2. The average Bonchev–Trinajstić information content (AvgIpc) is 2.17. The Balaban J connectivity index is 0.00000144. The Labute approximate surface area is 83.7 Å². The van der Waals surface area contributed by atoms with Gasteiger partial charge >= 0.3 is 0 Å². The zero-order valence-corrected chi connectivity index (χ0v) is 8.23. The lowest BCUT2D eigenvalue weighted by Crippen LogP contribution is -2.17. The van der Waals surface area contributed by atoms with Crippen molar-refractivity contribution in [2.75, 3.05) is 7.05 Å². The number of hydrogen-bond acceptors (Lipinski definition) is 2. The van der Waals surface area contributed by atoms with Crippen LogP contribution in [0.15, 0.2) is 24.3 Å². The fourth-order valence-electron chi connectivity index (χ4n) is 0.984. The van der Waals surface area contributed by atoms with E-state index in [9.17, 15) is 4.79 Å². The third-order valence-corrected chi connectivity index (χ3v) is 1.65. The van der Waals surface area contributed by atoms with Crippen molar-refractivity contribution in [3.8, 4) is 0 Å². The monoisotopic (exact) mass is 200 g/mol. The molecule has 0 aliphatic carbocycles. The van der Waals surface area contributed by atoms with Crippen LogP contribution in [0.4, 0.5) is 0 Å². The van der Waals surface area contributed by atoms with Crippen LogP contribution in [0.25, 0.3) is 0 Å². The van der Waals surface area contributed by atoms with Crippen LogP contribution in [-0.2, 0) is 6.54 Å². The number of carbonyl (C=O) groups is 1. The quantitative estimate of drug-likeness (QED) is 0.746. The zero-order valence-electron chi connectivity index (χ0n) is 7.41. The van der Waals surface area contributed by atoms with Crippen molar-refractivity contribution in [2.24, 2.45) is 5.73 Å². The number of hydrogen-bond donors (Lipinski definition) is 2. The van der Waals surface area contributed by atoms with E-state index in [1.165, 1.54) is 0 Å². The maximum Gasteiger partial charge on any atom is 0.251 e. The van der Waals surface area contributed by atoms with Crippen molar-refractivity contribution in [3.05, 3.63) is 35.4 Å². The van der Waals surface area contributed by atoms with Gasteiger partial charge in [-0.05, 0) is 17.7 Å². The van der Waals surface area contributed by atoms with E-state index >= 15 is 0 Å². The molecule has 1 aromatic rings. The molecule has 1 aromatic carbocycles. The molecule has 3 N–H and O–H groups in total. The van der Waals surface area contributed by atoms with Crippen LogP contribution in [0, 0.1) is 0 Å². The molecule has 0 heterocycles. The van der Waals surface area contributed by atoms with E-state index < -0.39 is 0 Å². The van der Waals surface area contributed by atoms with E-state index in [0.29, 0.717) is 12.1 Å². The van der Waals surface area contributed by atoms with Crippen molar-refractivity contribution in [2.45, 2.75) is 6.54 Å². The second-order valence-electron chi connectivity index (χ2n) is 2.48. The summed E-state index contributed by atoms with van der Waals surface area (Å²) in [6, 6.07) is 7.27. The standard InChI is InChI=1S/C9H12N2O.ClH/c1-11-9(12)8-4-2-3-7(5-8)6-10;/h2-5H,6,10H2,1H3,(H,11,12);1H. The van der Waals surface area contributed by atoms with Gasteiger partial charge in [0, 0.05) is 19.2 Å². The molecule has 0 saturated heterocycles. The molecule has 0 aliphatic heterocycles. The summed E-state index contributed by atoms with van der Waals surface area (Å²) in [4.78, 5) is 11.1. The maximum absolute atomic E-state index is 11.1. The first-order chi connectivity index (χ1) is 5.77. The molecule has 0 bridgehead atoms. The van der Waals surface area contributed by atoms with Crippen LogP contribution in [-0.4, -0.2) is 13.0 Å². The minimum absolute atomic E-state index is 0. The van der Waals surface area contributed by atoms with Gasteiger partial charge in [-0.3, -0.25) is 4.79 Å². The summed E-state index contributed by atoms with van der Waals surface area (Å²) < 4.78 is 0. The number of nitrogens with two attached hydrogens (primary N) is 1. The molecular formula is C9H13ClN2O. The minimum Gasteiger partial charge on any atom is -0.355 e. The number of halogens is 1. The van der Waals surface area contributed by atoms with Gasteiger partial charge in [0.15, 0.2) is 0 Å². The van der Waals surface area contributed by atoms with E-state index in [2.05, 4.69) is 5.32 Å². The maximum atomic E-state index is 11.1. The molecule has 0 aliphatic rings. The van der Waals surface area contributed by atoms with Crippen LogP contribution in [0.2, 0.25) is 0 Å². The van der Waals surface area contributed by atoms with E-state index in [1.807, 2.05) is 12.1 Å². The fraction of sp³-hybridized carbons (Fsp3) is 0.222. The Morgan fingerprint density at radius 2 is 2.23 bits per heavy atom. The Hall–Kier alpha value is -1.06. The van der Waals surface area contributed by atoms with Crippen LogP contribution in [0.3, 0.4) is 0 Å². The van der Waals surface area contributed by atoms with E-state index in [0.717, 1.165) is 5.56 Å². The van der Waals surface area contributed by atoms with Gasteiger partial charge in [0.05, 0.1) is 0 Å². The molecule has 3 nitrogen and oxygen atoms in total. The normalized spacial score (nSPS) is 8.77. The van der Waals surface area contributed by atoms with Gasteiger partial charge in [-0.15, -0.1) is 12.4 Å². The van der Waals surface area contributed by atoms with Crippen molar-refractivity contribution in [1.82, 2.24) is 5.32 Å². The molecule has 1 amide bonds. The van der Waals surface area contributed by atoms with Gasteiger partial charge in [-0.25, -0.2) is 0 Å². The Bertz CT molecular complexity index is 289. The molecular weight excluding hydrogens is 188 g/mol. The summed E-state index contributed by atoms with van der Waals surface area (Å²) in [5.74, 6) is -0.0784. The number of benzene rings is 1. The highest BCUT2D eigenvalue weighted by molar-refractivity contribution is 5.94. The third kappa shape index (κ3) is 3.05. The van der Waals surface area contributed by atoms with Crippen molar-refractivity contribution >= 4 is 18.3 Å². The summed E-state index contributed by atoms with van der Waals surface area (Å²) in [5.41, 5.74) is 7.05. The first-order valence-electron chi connectivity index (χ1n) is 3.79. The Morgan fingerprint density at radius 1 is 1.54 bits per heavy atom. The first kappa shape index (κ1) is 11.9. The van der Waals surface area contributed by atoms with Gasteiger partial charge in [0.2, 0.25) is 0 Å². The largest absolute Gasteiger partial charge is 0.355 e. The SMILES string of the molecule is CNC(=O)c1cccc(CN)c1.Cl. The summed E-state index contributed by atoms with van der Waals surface area (Å²) in [6.07, 6.45) is 0. The summed E-state index contributed by atoms with van der Waals surface area (Å²) in [5, 5.41) is 2.55. The van der Waals surface area contributed by atoms with Gasteiger partial charge < -0.3 is 11.1 Å². The topological polar surface area (TPSA) is 55.1 Å². The molecule has 0 atom stereocenters. The van der Waals surface area contributed by atoms with Crippen LogP contribution in [0.1, 0.15) is 15.9 Å². The molecule has 13 heavy (non-hydrogen) atoms. The molecule has 0 saturated carbocycles. The van der Waals surface area contributed by atoms with Gasteiger partial charge in [0.1, 0.15) is 0 Å². The molecule has 1 rings (SSSR count). The van der Waals surface area contributed by atoms with Crippen LogP contribution < -0.4 is 11.1 Å². The molecule has 72 valence electrons. The van der Waals surface area contributed by atoms with Crippen molar-refractivity contribution in [3.63, 3.8) is 0 Å². The number of amides is 1. The number of carbonyl (C=O) groups excluding carboxylic acids is 1. The predicted molar refractivity (Wildman–Crippen MR) is 55.0 cm³/mol. The second kappa shape index (κ2) is 5.56. The van der Waals surface area contributed by atoms with E-state index in [4.69, 9.17) is 5.73 Å². The highest BCUT2D eigenvalue weighted by Crippen LogP contribution is 2.03. The second-order valence-corrected chi connectivity index (χ2v) is 2.48. The molecule has 0 spiro atoms. The number of nitrogens with one attached hydrogen (secondary N) is 1. The molecule has 0 unspecified atom stereocenters. The fourth-order valence-corrected chi connectivity index (χ4v) is 0.984. The lowest BCUT2D eigenvalue weighted by atomic mass is 10.1. The smallest absolute Gasteiger partial charge is 0.251 e. The van der Waals surface area contributed by atoms with Gasteiger partial charge in [-0.2, -0.15) is 0 Å². The average molecular weight is 201 g/mol. The van der Waals surface area contributed by atoms with Gasteiger partial charge in [0.25, 0.3) is 5.91 Å². The molecule has 4 heteroatoms. The molecule has 0 radical (unpaired) electrons. The first-order valence-corrected chi connectivity index (χ1v) is 3.79. The summed E-state index contributed by atoms with van der Waals surface area (Å²) in [7, 11) is 1.61. The highest BCUT2D eigenvalue weighted by Gasteiger charge is 2.01. The van der Waals surface area contributed by atoms with Crippen LogP contribution in [0.5, 0.6) is 0 Å².